The van der Waals surface area contributed by atoms with Crippen LogP contribution < -0.4 is 10.6 Å². The lowest BCUT2D eigenvalue weighted by Gasteiger charge is -2.16. The number of aryl methyl sites for hydroxylation is 1. The Labute approximate surface area is 157 Å². The molecule has 2 aromatic rings. The number of hydrogen-bond acceptors (Lipinski definition) is 4. The minimum Gasteiger partial charge on any atom is -0.338 e. The van der Waals surface area contributed by atoms with Crippen LogP contribution in [-0.4, -0.2) is 28.4 Å². The quantitative estimate of drug-likeness (QED) is 0.818. The van der Waals surface area contributed by atoms with Gasteiger partial charge < -0.3 is 15.5 Å². The molecule has 1 aliphatic heterocycles. The molecule has 2 N–H and O–H groups in total. The molecule has 0 spiro atoms. The van der Waals surface area contributed by atoms with E-state index in [4.69, 9.17) is 0 Å². The Morgan fingerprint density at radius 1 is 1.38 bits per heavy atom. The summed E-state index contributed by atoms with van der Waals surface area (Å²) in [4.78, 5) is 30.1. The number of carbonyl (C=O) groups excluding carboxylic acids is 2. The van der Waals surface area contributed by atoms with Crippen molar-refractivity contribution in [1.82, 2.24) is 20.5 Å². The summed E-state index contributed by atoms with van der Waals surface area (Å²) in [6, 6.07) is 7.66. The highest BCUT2D eigenvalue weighted by atomic mass is 32.1. The third-order valence-electron chi connectivity index (χ3n) is 4.34. The average molecular weight is 372 g/mol. The van der Waals surface area contributed by atoms with Gasteiger partial charge in [0.1, 0.15) is 5.01 Å². The molecule has 2 heterocycles. The van der Waals surface area contributed by atoms with Crippen molar-refractivity contribution in [2.24, 2.45) is 0 Å². The molecule has 1 aliphatic rings. The van der Waals surface area contributed by atoms with Crippen molar-refractivity contribution in [3.05, 3.63) is 51.5 Å². The number of aromatic nitrogens is 1. The highest BCUT2D eigenvalue weighted by Gasteiger charge is 2.20. The first kappa shape index (κ1) is 18.4. The van der Waals surface area contributed by atoms with Crippen LogP contribution in [0.25, 0.3) is 0 Å². The van der Waals surface area contributed by atoms with Crippen molar-refractivity contribution in [2.75, 3.05) is 6.54 Å². The Balaban J connectivity index is 1.50. The zero-order valence-corrected chi connectivity index (χ0v) is 15.9. The number of urea groups is 1. The van der Waals surface area contributed by atoms with Gasteiger partial charge in [0.25, 0.3) is 0 Å². The second-order valence-corrected chi connectivity index (χ2v) is 7.50. The third kappa shape index (κ3) is 4.82. The molecule has 1 unspecified atom stereocenters. The van der Waals surface area contributed by atoms with E-state index in [0.717, 1.165) is 34.8 Å². The number of amides is 3. The number of thiazole rings is 1. The van der Waals surface area contributed by atoms with Crippen LogP contribution in [0.2, 0.25) is 0 Å². The molecule has 1 atom stereocenters. The van der Waals surface area contributed by atoms with E-state index >= 15 is 0 Å². The number of rotatable bonds is 6. The van der Waals surface area contributed by atoms with Crippen LogP contribution >= 0.6 is 11.3 Å². The minimum atomic E-state index is -0.217. The third-order valence-corrected chi connectivity index (χ3v) is 5.49. The van der Waals surface area contributed by atoms with Gasteiger partial charge in [-0.2, -0.15) is 0 Å². The van der Waals surface area contributed by atoms with Gasteiger partial charge in [0.15, 0.2) is 0 Å². The van der Waals surface area contributed by atoms with E-state index in [2.05, 4.69) is 15.6 Å². The second kappa shape index (κ2) is 8.31. The van der Waals surface area contributed by atoms with Crippen LogP contribution in [0.5, 0.6) is 0 Å². The lowest BCUT2D eigenvalue weighted by Crippen LogP contribution is -2.36. The maximum Gasteiger partial charge on any atom is 0.315 e. The largest absolute Gasteiger partial charge is 0.338 e. The van der Waals surface area contributed by atoms with Gasteiger partial charge in [-0.15, -0.1) is 11.3 Å². The number of hydrogen-bond donors (Lipinski definition) is 2. The van der Waals surface area contributed by atoms with Gasteiger partial charge in [0.05, 0.1) is 6.04 Å². The summed E-state index contributed by atoms with van der Waals surface area (Å²) in [7, 11) is 0. The van der Waals surface area contributed by atoms with E-state index in [1.54, 1.807) is 11.3 Å². The van der Waals surface area contributed by atoms with Crippen LogP contribution in [0.3, 0.4) is 0 Å². The van der Waals surface area contributed by atoms with Gasteiger partial charge in [-0.1, -0.05) is 24.3 Å². The van der Waals surface area contributed by atoms with E-state index in [1.165, 1.54) is 0 Å². The first-order valence-corrected chi connectivity index (χ1v) is 9.71. The maximum absolute atomic E-state index is 12.1. The molecule has 138 valence electrons. The molecule has 0 bridgehead atoms. The summed E-state index contributed by atoms with van der Waals surface area (Å²) in [5.41, 5.74) is 3.07. The first-order chi connectivity index (χ1) is 12.5. The molecule has 3 amide bonds. The molecule has 0 aliphatic carbocycles. The lowest BCUT2D eigenvalue weighted by atomic mass is 10.1. The first-order valence-electron chi connectivity index (χ1n) is 8.83. The lowest BCUT2D eigenvalue weighted by molar-refractivity contribution is -0.128. The van der Waals surface area contributed by atoms with Crippen LogP contribution in [0.4, 0.5) is 4.79 Å². The molecular weight excluding hydrogens is 348 g/mol. The molecule has 1 aromatic carbocycles. The highest BCUT2D eigenvalue weighted by molar-refractivity contribution is 7.09. The topological polar surface area (TPSA) is 74.3 Å². The zero-order valence-electron chi connectivity index (χ0n) is 15.1. The summed E-state index contributed by atoms with van der Waals surface area (Å²) < 4.78 is 0. The summed E-state index contributed by atoms with van der Waals surface area (Å²) in [5, 5.41) is 8.66. The fourth-order valence-corrected chi connectivity index (χ4v) is 3.80. The zero-order chi connectivity index (χ0) is 18.5. The van der Waals surface area contributed by atoms with Gasteiger partial charge in [0, 0.05) is 37.1 Å². The predicted octanol–water partition coefficient (Wildman–Crippen LogP) is 3.13. The normalized spacial score (nSPS) is 15.2. The molecule has 1 saturated heterocycles. The summed E-state index contributed by atoms with van der Waals surface area (Å²) in [6.45, 7) is 5.77. The minimum absolute atomic E-state index is 0.124. The van der Waals surface area contributed by atoms with Crippen LogP contribution in [0.1, 0.15) is 47.6 Å². The van der Waals surface area contributed by atoms with Crippen molar-refractivity contribution < 1.29 is 9.59 Å². The predicted molar refractivity (Wildman–Crippen MR) is 102 cm³/mol. The van der Waals surface area contributed by atoms with Gasteiger partial charge in [-0.3, -0.25) is 4.79 Å². The highest BCUT2D eigenvalue weighted by Crippen LogP contribution is 2.17. The fraction of sp³-hybridized carbons (Fsp3) is 0.421. The summed E-state index contributed by atoms with van der Waals surface area (Å²) >= 11 is 1.55. The van der Waals surface area contributed by atoms with E-state index in [-0.39, 0.29) is 18.0 Å². The molecule has 3 rings (SSSR count). The Kier molecular flexibility index (Phi) is 5.88. The number of carbonyl (C=O) groups is 2. The van der Waals surface area contributed by atoms with Gasteiger partial charge in [-0.05, 0) is 31.4 Å². The summed E-state index contributed by atoms with van der Waals surface area (Å²) in [6.07, 6.45) is 1.59. The second-order valence-electron chi connectivity index (χ2n) is 6.61. The van der Waals surface area contributed by atoms with Crippen LogP contribution in [0, 0.1) is 6.92 Å². The number of nitrogens with one attached hydrogen (secondary N) is 2. The van der Waals surface area contributed by atoms with Crippen molar-refractivity contribution in [2.45, 2.75) is 45.8 Å². The Morgan fingerprint density at radius 2 is 2.19 bits per heavy atom. The van der Waals surface area contributed by atoms with Crippen LogP contribution in [0.15, 0.2) is 29.6 Å². The smallest absolute Gasteiger partial charge is 0.315 e. The Hall–Kier alpha value is -2.41. The SMILES string of the molecule is Cc1csc(C(C)NC(=O)NCc2cccc(CN3CCCC3=O)c2)n1. The summed E-state index contributed by atoms with van der Waals surface area (Å²) in [5.74, 6) is 0.222. The van der Waals surface area contributed by atoms with Crippen LogP contribution in [-0.2, 0) is 17.9 Å². The molecule has 6 nitrogen and oxygen atoms in total. The number of nitrogens with zero attached hydrogens (tertiary/aromatic N) is 2. The van der Waals surface area contributed by atoms with E-state index in [9.17, 15) is 9.59 Å². The van der Waals surface area contributed by atoms with Crippen molar-refractivity contribution in [3.8, 4) is 0 Å². The van der Waals surface area contributed by atoms with Gasteiger partial charge in [0.2, 0.25) is 5.91 Å². The maximum atomic E-state index is 12.1. The average Bonchev–Trinajstić information content (AvgIpc) is 3.22. The number of benzene rings is 1. The van der Waals surface area contributed by atoms with E-state index in [1.807, 2.05) is 48.4 Å². The molecular formula is C19H24N4O2S. The molecule has 1 fully saturated rings. The number of likely N-dealkylation sites (tertiary alicyclic amines) is 1. The van der Waals surface area contributed by atoms with E-state index in [0.29, 0.717) is 19.5 Å². The fourth-order valence-electron chi connectivity index (χ4n) is 2.99. The van der Waals surface area contributed by atoms with E-state index < -0.39 is 0 Å². The van der Waals surface area contributed by atoms with Gasteiger partial charge >= 0.3 is 6.03 Å². The molecule has 26 heavy (non-hydrogen) atoms. The molecule has 1 aromatic heterocycles. The molecule has 0 radical (unpaired) electrons. The van der Waals surface area contributed by atoms with Crippen molar-refractivity contribution >= 4 is 23.3 Å². The Morgan fingerprint density at radius 3 is 2.88 bits per heavy atom. The molecule has 7 heteroatoms. The molecule has 0 saturated carbocycles. The van der Waals surface area contributed by atoms with Gasteiger partial charge in [-0.25, -0.2) is 9.78 Å². The monoisotopic (exact) mass is 372 g/mol. The standard InChI is InChI=1S/C19H24N4O2S/c1-13-12-26-18(21-13)14(2)22-19(25)20-10-15-5-3-6-16(9-15)11-23-8-4-7-17(23)24/h3,5-6,9,12,14H,4,7-8,10-11H2,1-2H3,(H2,20,22,25). The Bertz CT molecular complexity index is 789. The van der Waals surface area contributed by atoms with Crippen molar-refractivity contribution in [1.29, 1.82) is 0 Å². The van der Waals surface area contributed by atoms with Crippen molar-refractivity contribution in [3.63, 3.8) is 0 Å².